The zero-order chi connectivity index (χ0) is 32.8. The van der Waals surface area contributed by atoms with Crippen molar-refractivity contribution in [3.63, 3.8) is 0 Å². The number of aromatic nitrogens is 2. The van der Waals surface area contributed by atoms with Crippen LogP contribution in [-0.4, -0.2) is 52.3 Å². The number of benzene rings is 3. The number of sulfonamides is 2. The minimum Gasteiger partial charge on any atom is -0.324 e. The summed E-state index contributed by atoms with van der Waals surface area (Å²) < 4.78 is 66.8. The van der Waals surface area contributed by atoms with Gasteiger partial charge in [0.1, 0.15) is 5.82 Å². The maximum Gasteiger partial charge on any atom is 0.240 e. The van der Waals surface area contributed by atoms with E-state index < -0.39 is 25.9 Å². The Morgan fingerprint density at radius 2 is 1.13 bits per heavy atom. The molecule has 13 nitrogen and oxygen atoms in total. The Balaban J connectivity index is 1.60. The maximum absolute atomic E-state index is 14.2. The van der Waals surface area contributed by atoms with Crippen molar-refractivity contribution in [2.24, 2.45) is 10.2 Å². The van der Waals surface area contributed by atoms with E-state index in [0.29, 0.717) is 33.8 Å². The second-order valence-corrected chi connectivity index (χ2v) is 13.4. The van der Waals surface area contributed by atoms with E-state index in [9.17, 15) is 21.2 Å². The molecule has 0 aliphatic rings. The lowest BCUT2D eigenvalue weighted by Crippen LogP contribution is -2.18. The van der Waals surface area contributed by atoms with Crippen molar-refractivity contribution in [2.45, 2.75) is 30.6 Å². The number of hydrogen-bond acceptors (Lipinski definition) is 11. The lowest BCUT2D eigenvalue weighted by atomic mass is 10.1. The van der Waals surface area contributed by atoms with E-state index in [1.54, 1.807) is 63.2 Å². The first-order valence-corrected chi connectivity index (χ1v) is 16.4. The van der Waals surface area contributed by atoms with Gasteiger partial charge in [0.2, 0.25) is 26.0 Å². The standard InChI is InChI=1S/C29H32FN9O4S2/c1-18-6-11-23(16-26(18)30)33-29-34-27(38-36-19(2)21-7-12-24(13-8-21)44(40,41)31-4)17-28(35-29)39-37-20(3)22-9-14-25(15-10-22)45(42,43)32-5/h6-17,31-32H,1-5H3,(H3,33,34,35,38,39). The lowest BCUT2D eigenvalue weighted by Gasteiger charge is -2.11. The van der Waals surface area contributed by atoms with Gasteiger partial charge in [-0.2, -0.15) is 20.2 Å². The number of halogens is 1. The Kier molecular flexibility index (Phi) is 10.2. The topological polar surface area (TPSA) is 179 Å². The molecule has 1 aromatic heterocycles. The molecule has 5 N–H and O–H groups in total. The molecule has 0 amide bonds. The van der Waals surface area contributed by atoms with Gasteiger partial charge in [-0.1, -0.05) is 30.3 Å². The third-order valence-electron chi connectivity index (χ3n) is 6.53. The van der Waals surface area contributed by atoms with Gasteiger partial charge in [-0.15, -0.1) is 0 Å². The van der Waals surface area contributed by atoms with Crippen LogP contribution in [0.15, 0.2) is 92.8 Å². The number of hydrazone groups is 2. The van der Waals surface area contributed by atoms with Crippen molar-refractivity contribution in [3.05, 3.63) is 95.3 Å². The first-order chi connectivity index (χ1) is 21.3. The van der Waals surface area contributed by atoms with Crippen LogP contribution in [0.4, 0.5) is 27.7 Å². The van der Waals surface area contributed by atoms with Crippen LogP contribution < -0.4 is 25.6 Å². The van der Waals surface area contributed by atoms with Gasteiger partial charge >= 0.3 is 0 Å². The van der Waals surface area contributed by atoms with E-state index in [2.05, 4.69) is 45.8 Å². The Morgan fingerprint density at radius 1 is 0.689 bits per heavy atom. The molecule has 0 spiro atoms. The molecule has 236 valence electrons. The Hall–Kier alpha value is -4.77. The van der Waals surface area contributed by atoms with Crippen molar-refractivity contribution in [1.82, 2.24) is 19.4 Å². The SMILES string of the molecule is CNS(=O)(=O)c1ccc(C(C)=NNc2cc(NN=C(C)c3ccc(S(=O)(=O)NC)cc3)nc(Nc3ccc(C)c(F)c3)n2)cc1. The molecule has 4 aromatic rings. The molecule has 45 heavy (non-hydrogen) atoms. The molecule has 0 atom stereocenters. The molecule has 0 bridgehead atoms. The highest BCUT2D eigenvalue weighted by Crippen LogP contribution is 2.21. The van der Waals surface area contributed by atoms with Crippen LogP contribution in [-0.2, 0) is 20.0 Å². The van der Waals surface area contributed by atoms with E-state index in [1.165, 1.54) is 44.4 Å². The third kappa shape index (κ3) is 8.45. The van der Waals surface area contributed by atoms with E-state index in [4.69, 9.17) is 0 Å². The highest BCUT2D eigenvalue weighted by molar-refractivity contribution is 7.89. The summed E-state index contributed by atoms with van der Waals surface area (Å²) in [6, 6.07) is 18.6. The smallest absolute Gasteiger partial charge is 0.240 e. The van der Waals surface area contributed by atoms with Crippen LogP contribution >= 0.6 is 0 Å². The highest BCUT2D eigenvalue weighted by Gasteiger charge is 2.13. The summed E-state index contributed by atoms with van der Waals surface area (Å²) in [5, 5.41) is 11.7. The number of nitrogens with one attached hydrogen (secondary N) is 5. The van der Waals surface area contributed by atoms with Crippen LogP contribution in [0.3, 0.4) is 0 Å². The summed E-state index contributed by atoms with van der Waals surface area (Å²) in [6.07, 6.45) is 0. The van der Waals surface area contributed by atoms with Crippen molar-refractivity contribution in [3.8, 4) is 0 Å². The molecule has 0 aliphatic carbocycles. The molecule has 0 fully saturated rings. The third-order valence-corrected chi connectivity index (χ3v) is 9.39. The summed E-state index contributed by atoms with van der Waals surface area (Å²) in [5.41, 5.74) is 9.09. The van der Waals surface area contributed by atoms with Gasteiger partial charge in [-0.25, -0.2) is 30.7 Å². The van der Waals surface area contributed by atoms with Crippen LogP contribution in [0.5, 0.6) is 0 Å². The number of hydrogen-bond donors (Lipinski definition) is 5. The van der Waals surface area contributed by atoms with Crippen LogP contribution in [0.2, 0.25) is 0 Å². The molecule has 0 saturated heterocycles. The molecule has 0 aliphatic heterocycles. The van der Waals surface area contributed by atoms with Gasteiger partial charge in [-0.05, 0) is 88.0 Å². The molecule has 16 heteroatoms. The first-order valence-electron chi connectivity index (χ1n) is 13.4. The normalized spacial score (nSPS) is 12.6. The molecule has 1 heterocycles. The lowest BCUT2D eigenvalue weighted by molar-refractivity contribution is 0.586. The Bertz CT molecular complexity index is 1850. The van der Waals surface area contributed by atoms with Crippen LogP contribution in [0.1, 0.15) is 30.5 Å². The molecule has 3 aromatic carbocycles. The molecule has 0 unspecified atom stereocenters. The Morgan fingerprint density at radius 3 is 1.53 bits per heavy atom. The zero-order valence-electron chi connectivity index (χ0n) is 25.0. The van der Waals surface area contributed by atoms with Gasteiger partial charge in [0, 0.05) is 11.8 Å². The highest BCUT2D eigenvalue weighted by atomic mass is 32.2. The molecule has 0 saturated carbocycles. The predicted octanol–water partition coefficient (Wildman–Crippen LogP) is 4.16. The predicted molar refractivity (Wildman–Crippen MR) is 173 cm³/mol. The molecule has 0 radical (unpaired) electrons. The van der Waals surface area contributed by atoms with Gasteiger partial charge in [0.25, 0.3) is 0 Å². The van der Waals surface area contributed by atoms with Crippen molar-refractivity contribution in [2.75, 3.05) is 30.3 Å². The fourth-order valence-corrected chi connectivity index (χ4v) is 5.28. The molecule has 4 rings (SSSR count). The number of nitrogens with zero attached hydrogens (tertiary/aromatic N) is 4. The average molecular weight is 654 g/mol. The van der Waals surface area contributed by atoms with Crippen LogP contribution in [0, 0.1) is 12.7 Å². The fraction of sp³-hybridized carbons (Fsp3) is 0.172. The number of aryl methyl sites for hydroxylation is 1. The largest absolute Gasteiger partial charge is 0.324 e. The quantitative estimate of drug-likeness (QED) is 0.111. The number of rotatable bonds is 12. The van der Waals surface area contributed by atoms with Gasteiger partial charge < -0.3 is 5.32 Å². The minimum absolute atomic E-state index is 0.120. The van der Waals surface area contributed by atoms with E-state index >= 15 is 0 Å². The van der Waals surface area contributed by atoms with Gasteiger partial charge in [0.05, 0.1) is 21.2 Å². The fourth-order valence-electron chi connectivity index (χ4n) is 3.82. The Labute approximate surface area is 261 Å². The van der Waals surface area contributed by atoms with Crippen molar-refractivity contribution >= 4 is 54.7 Å². The molecular weight excluding hydrogens is 622 g/mol. The van der Waals surface area contributed by atoms with E-state index in [-0.39, 0.29) is 27.4 Å². The summed E-state index contributed by atoms with van der Waals surface area (Å²) >= 11 is 0. The summed E-state index contributed by atoms with van der Waals surface area (Å²) in [4.78, 5) is 9.10. The second-order valence-electron chi connectivity index (χ2n) is 9.63. The van der Waals surface area contributed by atoms with E-state index in [0.717, 1.165) is 0 Å². The zero-order valence-corrected chi connectivity index (χ0v) is 26.7. The van der Waals surface area contributed by atoms with Crippen molar-refractivity contribution in [1.29, 1.82) is 0 Å². The first kappa shape index (κ1) is 33.1. The van der Waals surface area contributed by atoms with Gasteiger partial charge in [-0.3, -0.25) is 10.9 Å². The monoisotopic (exact) mass is 653 g/mol. The summed E-state index contributed by atoms with van der Waals surface area (Å²) in [5.74, 6) is 0.265. The number of anilines is 4. The second kappa shape index (κ2) is 13.9. The maximum atomic E-state index is 14.2. The summed E-state index contributed by atoms with van der Waals surface area (Å²) in [6.45, 7) is 5.14. The molecular formula is C29H32FN9O4S2. The van der Waals surface area contributed by atoms with Crippen LogP contribution in [0.25, 0.3) is 0 Å². The average Bonchev–Trinajstić information content (AvgIpc) is 3.04. The van der Waals surface area contributed by atoms with E-state index in [1.807, 2.05) is 0 Å². The van der Waals surface area contributed by atoms with Gasteiger partial charge in [0.15, 0.2) is 11.6 Å². The summed E-state index contributed by atoms with van der Waals surface area (Å²) in [7, 11) is -4.46. The minimum atomic E-state index is -3.57. The van der Waals surface area contributed by atoms with Crippen molar-refractivity contribution < 1.29 is 21.2 Å².